The fraction of sp³-hybridized carbons (Fsp3) is 0.500. The average Bonchev–Trinajstić information content (AvgIpc) is 2.20. The first-order valence-corrected chi connectivity index (χ1v) is 6.25. The molecule has 1 aliphatic heterocycles. The number of benzene rings is 1. The van der Waals surface area contributed by atoms with Crippen LogP contribution < -0.4 is 10.6 Å². The molecule has 3 nitrogen and oxygen atoms in total. The molecule has 90 valence electrons. The van der Waals surface area contributed by atoms with Crippen LogP contribution in [0.1, 0.15) is 28.8 Å². The normalized spacial score (nSPS) is 21.7. The Hall–Kier alpha value is -1.35. The van der Waals surface area contributed by atoms with Crippen LogP contribution in [-0.4, -0.2) is 25.0 Å². The molecule has 1 aromatic rings. The van der Waals surface area contributed by atoms with E-state index in [9.17, 15) is 4.79 Å². The van der Waals surface area contributed by atoms with Gasteiger partial charge in [-0.05, 0) is 37.3 Å². The highest BCUT2D eigenvalue weighted by atomic mass is 16.1. The van der Waals surface area contributed by atoms with Crippen LogP contribution in [0.15, 0.2) is 24.3 Å². The highest BCUT2D eigenvalue weighted by Crippen LogP contribution is 2.44. The first-order valence-electron chi connectivity index (χ1n) is 6.25. The molecule has 1 amide bonds. The zero-order chi connectivity index (χ0) is 11.9. The molecule has 0 bridgehead atoms. The fourth-order valence-electron chi connectivity index (χ4n) is 2.83. The Bertz CT molecular complexity index is 426. The number of amides is 1. The van der Waals surface area contributed by atoms with Gasteiger partial charge in [0.2, 0.25) is 0 Å². The van der Waals surface area contributed by atoms with Crippen molar-refractivity contribution in [3.63, 3.8) is 0 Å². The largest absolute Gasteiger partial charge is 0.349 e. The molecular weight excluding hydrogens is 212 g/mol. The lowest BCUT2D eigenvalue weighted by Gasteiger charge is -2.54. The Balaban J connectivity index is 1.55. The third kappa shape index (κ3) is 1.95. The first kappa shape index (κ1) is 10.8. The Morgan fingerprint density at radius 3 is 2.47 bits per heavy atom. The van der Waals surface area contributed by atoms with Crippen LogP contribution in [0.4, 0.5) is 0 Å². The Morgan fingerprint density at radius 2 is 1.94 bits per heavy atom. The highest BCUT2D eigenvalue weighted by Gasteiger charge is 2.48. The van der Waals surface area contributed by atoms with Crippen LogP contribution in [0.2, 0.25) is 0 Å². The molecule has 1 heterocycles. The molecule has 17 heavy (non-hydrogen) atoms. The molecule has 2 aliphatic rings. The Labute approximate surface area is 102 Å². The van der Waals surface area contributed by atoms with Crippen molar-refractivity contribution in [2.24, 2.45) is 5.41 Å². The van der Waals surface area contributed by atoms with E-state index >= 15 is 0 Å². The molecule has 0 radical (unpaired) electrons. The number of carbonyl (C=O) groups excluding carboxylic acids is 1. The third-order valence-corrected chi connectivity index (χ3v) is 4.01. The lowest BCUT2D eigenvalue weighted by molar-refractivity contribution is 0.0232. The average molecular weight is 230 g/mol. The van der Waals surface area contributed by atoms with Crippen molar-refractivity contribution in [2.75, 3.05) is 13.1 Å². The second-order valence-electron chi connectivity index (χ2n) is 5.55. The molecule has 0 unspecified atom stereocenters. The summed E-state index contributed by atoms with van der Waals surface area (Å²) in [5.41, 5.74) is 2.47. The van der Waals surface area contributed by atoms with Crippen LogP contribution in [-0.2, 0) is 0 Å². The molecule has 1 saturated heterocycles. The Kier molecular flexibility index (Phi) is 2.44. The molecule has 1 aromatic carbocycles. The summed E-state index contributed by atoms with van der Waals surface area (Å²) < 4.78 is 0. The van der Waals surface area contributed by atoms with Crippen molar-refractivity contribution in [3.05, 3.63) is 35.4 Å². The summed E-state index contributed by atoms with van der Waals surface area (Å²) in [6.45, 7) is 4.29. The zero-order valence-corrected chi connectivity index (χ0v) is 10.1. The van der Waals surface area contributed by atoms with Crippen LogP contribution in [0.3, 0.4) is 0 Å². The SMILES string of the molecule is Cc1ccc(C(=O)NC2CC3(CNC3)C2)cc1. The quantitative estimate of drug-likeness (QED) is 0.808. The lowest BCUT2D eigenvalue weighted by atomic mass is 9.61. The summed E-state index contributed by atoms with van der Waals surface area (Å²) in [7, 11) is 0. The van der Waals surface area contributed by atoms with Gasteiger partial charge in [-0.25, -0.2) is 0 Å². The summed E-state index contributed by atoms with van der Waals surface area (Å²) in [5.74, 6) is 0.0668. The van der Waals surface area contributed by atoms with E-state index < -0.39 is 0 Å². The summed E-state index contributed by atoms with van der Waals surface area (Å²) in [6.07, 6.45) is 2.27. The number of rotatable bonds is 2. The van der Waals surface area contributed by atoms with Crippen molar-refractivity contribution in [1.29, 1.82) is 0 Å². The third-order valence-electron chi connectivity index (χ3n) is 4.01. The second kappa shape index (κ2) is 3.84. The van der Waals surface area contributed by atoms with Crippen molar-refractivity contribution in [3.8, 4) is 0 Å². The van der Waals surface area contributed by atoms with Gasteiger partial charge in [-0.15, -0.1) is 0 Å². The van der Waals surface area contributed by atoms with Crippen LogP contribution in [0.5, 0.6) is 0 Å². The van der Waals surface area contributed by atoms with Gasteiger partial charge in [-0.2, -0.15) is 0 Å². The molecule has 3 rings (SSSR count). The molecule has 0 atom stereocenters. The van der Waals surface area contributed by atoms with Gasteiger partial charge in [0.25, 0.3) is 5.91 Å². The summed E-state index contributed by atoms with van der Waals surface area (Å²) in [6, 6.07) is 8.12. The highest BCUT2D eigenvalue weighted by molar-refractivity contribution is 5.94. The minimum Gasteiger partial charge on any atom is -0.349 e. The van der Waals surface area contributed by atoms with E-state index in [2.05, 4.69) is 10.6 Å². The number of nitrogens with one attached hydrogen (secondary N) is 2. The monoisotopic (exact) mass is 230 g/mol. The van der Waals surface area contributed by atoms with Crippen molar-refractivity contribution >= 4 is 5.91 Å². The number of hydrogen-bond donors (Lipinski definition) is 2. The molecule has 1 spiro atoms. The first-order chi connectivity index (χ1) is 8.17. The van der Waals surface area contributed by atoms with Crippen molar-refractivity contribution < 1.29 is 4.79 Å². The van der Waals surface area contributed by atoms with E-state index in [0.717, 1.165) is 31.5 Å². The molecule has 3 heteroatoms. The molecule has 1 aliphatic carbocycles. The molecular formula is C14H18N2O. The van der Waals surface area contributed by atoms with Gasteiger partial charge < -0.3 is 10.6 Å². The maximum atomic E-state index is 11.9. The van der Waals surface area contributed by atoms with Crippen LogP contribution in [0, 0.1) is 12.3 Å². The van der Waals surface area contributed by atoms with Crippen LogP contribution in [0.25, 0.3) is 0 Å². The molecule has 0 aromatic heterocycles. The summed E-state index contributed by atoms with van der Waals surface area (Å²) in [4.78, 5) is 11.9. The molecule has 2 fully saturated rings. The number of aryl methyl sites for hydroxylation is 1. The standard InChI is InChI=1S/C14H18N2O/c1-10-2-4-11(5-3-10)13(17)16-12-6-14(7-12)8-15-9-14/h2-5,12,15H,6-9H2,1H3,(H,16,17). The van der Waals surface area contributed by atoms with Gasteiger partial charge in [0.15, 0.2) is 0 Å². The summed E-state index contributed by atoms with van der Waals surface area (Å²) >= 11 is 0. The smallest absolute Gasteiger partial charge is 0.251 e. The van der Waals surface area contributed by atoms with Gasteiger partial charge in [0.1, 0.15) is 0 Å². The lowest BCUT2D eigenvalue weighted by Crippen LogP contribution is -2.65. The summed E-state index contributed by atoms with van der Waals surface area (Å²) in [5, 5.41) is 6.41. The second-order valence-corrected chi connectivity index (χ2v) is 5.55. The maximum Gasteiger partial charge on any atom is 0.251 e. The van der Waals surface area contributed by atoms with Crippen molar-refractivity contribution in [2.45, 2.75) is 25.8 Å². The Morgan fingerprint density at radius 1 is 1.29 bits per heavy atom. The van der Waals surface area contributed by atoms with Crippen LogP contribution >= 0.6 is 0 Å². The molecule has 2 N–H and O–H groups in total. The fourth-order valence-corrected chi connectivity index (χ4v) is 2.83. The van der Waals surface area contributed by atoms with E-state index in [0.29, 0.717) is 11.5 Å². The van der Waals surface area contributed by atoms with E-state index in [-0.39, 0.29) is 5.91 Å². The van der Waals surface area contributed by atoms with Crippen molar-refractivity contribution in [1.82, 2.24) is 10.6 Å². The van der Waals surface area contributed by atoms with Gasteiger partial charge in [0, 0.05) is 24.7 Å². The molecule has 1 saturated carbocycles. The van der Waals surface area contributed by atoms with Gasteiger partial charge in [0.05, 0.1) is 0 Å². The minimum atomic E-state index is 0.0668. The van der Waals surface area contributed by atoms with Gasteiger partial charge in [-0.3, -0.25) is 4.79 Å². The van der Waals surface area contributed by atoms with E-state index in [1.54, 1.807) is 0 Å². The number of hydrogen-bond acceptors (Lipinski definition) is 2. The van der Waals surface area contributed by atoms with Gasteiger partial charge in [-0.1, -0.05) is 17.7 Å². The van der Waals surface area contributed by atoms with E-state index in [1.807, 2.05) is 31.2 Å². The maximum absolute atomic E-state index is 11.9. The minimum absolute atomic E-state index is 0.0668. The van der Waals surface area contributed by atoms with E-state index in [4.69, 9.17) is 0 Å². The number of carbonyl (C=O) groups is 1. The predicted molar refractivity (Wildman–Crippen MR) is 67.0 cm³/mol. The van der Waals surface area contributed by atoms with E-state index in [1.165, 1.54) is 5.56 Å². The van der Waals surface area contributed by atoms with Gasteiger partial charge >= 0.3 is 0 Å². The zero-order valence-electron chi connectivity index (χ0n) is 10.1. The topological polar surface area (TPSA) is 41.1 Å². The predicted octanol–water partition coefficient (Wildman–Crippen LogP) is 1.48.